The fourth-order valence-corrected chi connectivity index (χ4v) is 3.13. The van der Waals surface area contributed by atoms with E-state index in [1.807, 2.05) is 0 Å². The van der Waals surface area contributed by atoms with Crippen LogP contribution in [0.3, 0.4) is 0 Å². The number of carboxylic acids is 1. The first kappa shape index (κ1) is 15.1. The molecule has 112 valence electrons. The van der Waals surface area contributed by atoms with E-state index in [0.717, 1.165) is 17.7 Å². The summed E-state index contributed by atoms with van der Waals surface area (Å²) in [5, 5.41) is 18.5. The number of aromatic carboxylic acids is 1. The van der Waals surface area contributed by atoms with Crippen LogP contribution in [0.25, 0.3) is 0 Å². The van der Waals surface area contributed by atoms with E-state index < -0.39 is 27.3 Å². The van der Waals surface area contributed by atoms with E-state index in [4.69, 9.17) is 5.11 Å². The number of carboxylic acid groups (broad SMARTS) is 1. The number of aryl methyl sites for hydroxylation is 1. The van der Waals surface area contributed by atoms with Gasteiger partial charge in [-0.15, -0.1) is 0 Å². The number of sulfonamides is 1. The second-order valence-electron chi connectivity index (χ2n) is 4.48. The molecule has 0 amide bonds. The average molecular weight is 310 g/mol. The highest BCUT2D eigenvalue weighted by Gasteiger charge is 2.21. The number of rotatable bonds is 5. The van der Waals surface area contributed by atoms with Crippen molar-refractivity contribution < 1.29 is 23.4 Å². The van der Waals surface area contributed by atoms with Crippen molar-refractivity contribution in [3.63, 3.8) is 0 Å². The molecule has 0 fully saturated rings. The molecule has 1 heterocycles. The minimum absolute atomic E-state index is 0.0779. The van der Waals surface area contributed by atoms with E-state index in [1.54, 1.807) is 18.5 Å². The lowest BCUT2D eigenvalue weighted by Gasteiger charge is -2.11. The van der Waals surface area contributed by atoms with Crippen molar-refractivity contribution in [2.75, 3.05) is 0 Å². The van der Waals surface area contributed by atoms with Gasteiger partial charge in [-0.1, -0.05) is 0 Å². The first-order valence-corrected chi connectivity index (χ1v) is 7.48. The predicted molar refractivity (Wildman–Crippen MR) is 74.6 cm³/mol. The Morgan fingerprint density at radius 2 is 2.10 bits per heavy atom. The zero-order valence-corrected chi connectivity index (χ0v) is 11.9. The Bertz CT molecular complexity index is 766. The van der Waals surface area contributed by atoms with Crippen molar-refractivity contribution in [3.8, 4) is 5.75 Å². The van der Waals surface area contributed by atoms with Crippen LogP contribution in [0.5, 0.6) is 5.75 Å². The summed E-state index contributed by atoms with van der Waals surface area (Å²) in [7, 11) is -3.88. The first-order chi connectivity index (χ1) is 9.81. The third kappa shape index (κ3) is 3.23. The number of benzene rings is 1. The van der Waals surface area contributed by atoms with Gasteiger partial charge in [0, 0.05) is 18.9 Å². The molecule has 7 nitrogen and oxygen atoms in total. The highest BCUT2D eigenvalue weighted by molar-refractivity contribution is 7.89. The van der Waals surface area contributed by atoms with Gasteiger partial charge in [-0.25, -0.2) is 17.9 Å². The van der Waals surface area contributed by atoms with Gasteiger partial charge in [0.05, 0.1) is 4.90 Å². The molecule has 0 atom stereocenters. The second-order valence-corrected chi connectivity index (χ2v) is 6.22. The maximum Gasteiger partial charge on any atom is 0.339 e. The zero-order chi connectivity index (χ0) is 15.6. The van der Waals surface area contributed by atoms with Crippen molar-refractivity contribution in [3.05, 3.63) is 47.3 Å². The lowest BCUT2D eigenvalue weighted by Crippen LogP contribution is -2.24. The Hall–Kier alpha value is -2.32. The molecule has 0 unspecified atom stereocenters. The third-order valence-corrected chi connectivity index (χ3v) is 4.49. The van der Waals surface area contributed by atoms with Gasteiger partial charge < -0.3 is 15.2 Å². The second kappa shape index (κ2) is 5.58. The largest absolute Gasteiger partial charge is 0.507 e. The highest BCUT2D eigenvalue weighted by atomic mass is 32.2. The Labute approximate surface area is 121 Å². The minimum Gasteiger partial charge on any atom is -0.507 e. The Morgan fingerprint density at radius 1 is 1.38 bits per heavy atom. The van der Waals surface area contributed by atoms with Crippen LogP contribution < -0.4 is 4.72 Å². The van der Waals surface area contributed by atoms with E-state index in [1.165, 1.54) is 6.92 Å². The summed E-state index contributed by atoms with van der Waals surface area (Å²) < 4.78 is 26.9. The molecule has 0 saturated carbocycles. The zero-order valence-electron chi connectivity index (χ0n) is 11.1. The van der Waals surface area contributed by atoms with E-state index in [9.17, 15) is 18.3 Å². The molecule has 0 aliphatic rings. The standard InChI is InChI=1S/C13H14N2O5S/c1-8-4-11(16)10(13(17)18)5-12(8)21(19,20)15-7-9-2-3-14-6-9/h2-6,14-16H,7H2,1H3,(H,17,18). The van der Waals surface area contributed by atoms with Gasteiger partial charge in [0.2, 0.25) is 10.0 Å². The molecule has 8 heteroatoms. The van der Waals surface area contributed by atoms with Gasteiger partial charge in [0.15, 0.2) is 0 Å². The Balaban J connectivity index is 2.35. The van der Waals surface area contributed by atoms with Crippen LogP contribution in [0.2, 0.25) is 0 Å². The van der Waals surface area contributed by atoms with Crippen LogP contribution in [0.1, 0.15) is 21.5 Å². The molecule has 2 aromatic rings. The van der Waals surface area contributed by atoms with E-state index >= 15 is 0 Å². The molecular weight excluding hydrogens is 296 g/mol. The number of hydrogen-bond donors (Lipinski definition) is 4. The number of hydrogen-bond acceptors (Lipinski definition) is 4. The van der Waals surface area contributed by atoms with Crippen molar-refractivity contribution in [2.24, 2.45) is 0 Å². The molecule has 0 saturated heterocycles. The number of carbonyl (C=O) groups is 1. The summed E-state index contributed by atoms with van der Waals surface area (Å²) in [5.74, 6) is -1.86. The van der Waals surface area contributed by atoms with Crippen LogP contribution in [-0.4, -0.2) is 29.6 Å². The third-order valence-electron chi connectivity index (χ3n) is 2.94. The molecule has 1 aromatic carbocycles. The van der Waals surface area contributed by atoms with Crippen LogP contribution in [0, 0.1) is 6.92 Å². The molecule has 0 radical (unpaired) electrons. The molecule has 21 heavy (non-hydrogen) atoms. The van der Waals surface area contributed by atoms with Gasteiger partial charge >= 0.3 is 5.97 Å². The normalized spacial score (nSPS) is 11.5. The SMILES string of the molecule is Cc1cc(O)c(C(=O)O)cc1S(=O)(=O)NCc1cc[nH]c1. The van der Waals surface area contributed by atoms with Gasteiger partial charge in [-0.3, -0.25) is 0 Å². The molecular formula is C13H14N2O5S. The number of aromatic amines is 1. The predicted octanol–water partition coefficient (Wildman–Crippen LogP) is 1.21. The molecule has 0 bridgehead atoms. The fraction of sp³-hybridized carbons (Fsp3) is 0.154. The molecule has 0 spiro atoms. The quantitative estimate of drug-likeness (QED) is 0.661. The molecule has 4 N–H and O–H groups in total. The maximum absolute atomic E-state index is 12.2. The van der Waals surface area contributed by atoms with Gasteiger partial charge in [-0.2, -0.15) is 0 Å². The summed E-state index contributed by atoms with van der Waals surface area (Å²) in [6.45, 7) is 1.56. The Morgan fingerprint density at radius 3 is 2.67 bits per heavy atom. The first-order valence-electron chi connectivity index (χ1n) is 5.99. The van der Waals surface area contributed by atoms with E-state index in [2.05, 4.69) is 9.71 Å². The maximum atomic E-state index is 12.2. The van der Waals surface area contributed by atoms with Gasteiger partial charge in [0.1, 0.15) is 11.3 Å². The number of phenols is 1. The number of aromatic hydroxyl groups is 1. The summed E-state index contributed by atoms with van der Waals surface area (Å²) in [4.78, 5) is 13.6. The van der Waals surface area contributed by atoms with Gasteiger partial charge in [0.25, 0.3) is 0 Å². The summed E-state index contributed by atoms with van der Waals surface area (Å²) >= 11 is 0. The fourth-order valence-electron chi connectivity index (χ4n) is 1.86. The minimum atomic E-state index is -3.88. The molecule has 0 aliphatic carbocycles. The van der Waals surface area contributed by atoms with Crippen molar-refractivity contribution >= 4 is 16.0 Å². The monoisotopic (exact) mass is 310 g/mol. The van der Waals surface area contributed by atoms with Crippen LogP contribution >= 0.6 is 0 Å². The summed E-state index contributed by atoms with van der Waals surface area (Å²) in [6.07, 6.45) is 3.31. The van der Waals surface area contributed by atoms with Gasteiger partial charge in [-0.05, 0) is 36.2 Å². The number of nitrogens with one attached hydrogen (secondary N) is 2. The number of H-pyrrole nitrogens is 1. The van der Waals surface area contributed by atoms with E-state index in [0.29, 0.717) is 0 Å². The highest BCUT2D eigenvalue weighted by Crippen LogP contribution is 2.25. The van der Waals surface area contributed by atoms with Crippen molar-refractivity contribution in [2.45, 2.75) is 18.4 Å². The lowest BCUT2D eigenvalue weighted by molar-refractivity contribution is 0.0693. The van der Waals surface area contributed by atoms with Crippen LogP contribution in [0.4, 0.5) is 0 Å². The van der Waals surface area contributed by atoms with E-state index in [-0.39, 0.29) is 17.0 Å². The van der Waals surface area contributed by atoms with Crippen molar-refractivity contribution in [1.82, 2.24) is 9.71 Å². The van der Waals surface area contributed by atoms with Crippen molar-refractivity contribution in [1.29, 1.82) is 0 Å². The van der Waals surface area contributed by atoms with Crippen LogP contribution in [0.15, 0.2) is 35.5 Å². The number of aromatic nitrogens is 1. The molecule has 1 aromatic heterocycles. The summed E-state index contributed by atoms with van der Waals surface area (Å²) in [5.41, 5.74) is 0.551. The molecule has 2 rings (SSSR count). The van der Waals surface area contributed by atoms with Crippen LogP contribution in [-0.2, 0) is 16.6 Å². The lowest BCUT2D eigenvalue weighted by atomic mass is 10.1. The Kier molecular flexibility index (Phi) is 4.01. The topological polar surface area (TPSA) is 119 Å². The average Bonchev–Trinajstić information content (AvgIpc) is 2.88. The summed E-state index contributed by atoms with van der Waals surface area (Å²) in [6, 6.07) is 3.79. The smallest absolute Gasteiger partial charge is 0.339 e. The molecule has 0 aliphatic heterocycles.